The van der Waals surface area contributed by atoms with E-state index in [0.717, 1.165) is 18.8 Å². The molecule has 2 atom stereocenters. The first-order valence-electron chi connectivity index (χ1n) is 6.70. The summed E-state index contributed by atoms with van der Waals surface area (Å²) in [5, 5.41) is 3.83. The molecule has 0 amide bonds. The van der Waals surface area contributed by atoms with Crippen molar-refractivity contribution in [2.45, 2.75) is 64.0 Å². The van der Waals surface area contributed by atoms with Gasteiger partial charge in [-0.15, -0.1) is 0 Å². The molecule has 0 aromatic carbocycles. The molecule has 4 saturated carbocycles. The SMILES string of the molecule is CC(C)(C)NC12CC3CC(C1)C(=O)C(C3)C2. The first-order valence-corrected chi connectivity index (χ1v) is 6.70. The van der Waals surface area contributed by atoms with Gasteiger partial charge in [-0.25, -0.2) is 0 Å². The number of carbonyl (C=O) groups excluding carboxylic acids is 1. The smallest absolute Gasteiger partial charge is 0.139 e. The summed E-state index contributed by atoms with van der Waals surface area (Å²) in [5.74, 6) is 2.19. The van der Waals surface area contributed by atoms with Gasteiger partial charge in [-0.3, -0.25) is 4.79 Å². The fourth-order valence-corrected chi connectivity index (χ4v) is 4.70. The number of hydrogen-bond acceptors (Lipinski definition) is 2. The average molecular weight is 221 g/mol. The zero-order chi connectivity index (χ0) is 11.6. The van der Waals surface area contributed by atoms with Crippen molar-refractivity contribution in [2.24, 2.45) is 17.8 Å². The summed E-state index contributed by atoms with van der Waals surface area (Å²) >= 11 is 0. The molecule has 2 heteroatoms. The molecule has 4 bridgehead atoms. The molecule has 4 fully saturated rings. The van der Waals surface area contributed by atoms with Crippen molar-refractivity contribution >= 4 is 5.78 Å². The molecular formula is C14H23NO. The normalized spacial score (nSPS) is 46.4. The predicted molar refractivity (Wildman–Crippen MR) is 64.2 cm³/mol. The zero-order valence-electron chi connectivity index (χ0n) is 10.7. The molecule has 4 rings (SSSR count). The van der Waals surface area contributed by atoms with Gasteiger partial charge in [0.15, 0.2) is 0 Å². The minimum Gasteiger partial charge on any atom is -0.307 e. The van der Waals surface area contributed by atoms with Crippen molar-refractivity contribution in [3.8, 4) is 0 Å². The lowest BCUT2D eigenvalue weighted by molar-refractivity contribution is -0.143. The Labute approximate surface area is 98.2 Å². The van der Waals surface area contributed by atoms with Crippen molar-refractivity contribution < 1.29 is 4.79 Å². The van der Waals surface area contributed by atoms with E-state index in [0.29, 0.717) is 23.2 Å². The van der Waals surface area contributed by atoms with Gasteiger partial charge in [0.25, 0.3) is 0 Å². The Kier molecular flexibility index (Phi) is 2.08. The number of rotatable bonds is 1. The van der Waals surface area contributed by atoms with E-state index in [-0.39, 0.29) is 5.54 Å². The minimum atomic E-state index is 0.175. The van der Waals surface area contributed by atoms with E-state index in [9.17, 15) is 4.79 Å². The summed E-state index contributed by atoms with van der Waals surface area (Å²) in [6.45, 7) is 6.73. The van der Waals surface area contributed by atoms with E-state index < -0.39 is 0 Å². The standard InChI is InChI=1S/C14H23NO/c1-13(2,3)15-14-6-9-4-10(7-14)12(16)11(5-9)8-14/h9-11,15H,4-8H2,1-3H3. The van der Waals surface area contributed by atoms with Crippen LogP contribution in [0.25, 0.3) is 0 Å². The molecular weight excluding hydrogens is 198 g/mol. The Morgan fingerprint density at radius 3 is 2.19 bits per heavy atom. The maximum atomic E-state index is 12.1. The number of hydrogen-bond donors (Lipinski definition) is 1. The van der Waals surface area contributed by atoms with E-state index in [1.165, 1.54) is 19.3 Å². The summed E-state index contributed by atoms with van der Waals surface area (Å²) in [6, 6.07) is 0. The Balaban J connectivity index is 1.86. The largest absolute Gasteiger partial charge is 0.307 e. The van der Waals surface area contributed by atoms with Crippen molar-refractivity contribution in [1.29, 1.82) is 0 Å². The predicted octanol–water partition coefficient (Wildman–Crippen LogP) is 2.52. The summed E-state index contributed by atoms with van der Waals surface area (Å²) in [4.78, 5) is 12.1. The Morgan fingerprint density at radius 2 is 1.69 bits per heavy atom. The highest BCUT2D eigenvalue weighted by molar-refractivity contribution is 5.86. The monoisotopic (exact) mass is 221 g/mol. The van der Waals surface area contributed by atoms with E-state index in [1.807, 2.05) is 0 Å². The van der Waals surface area contributed by atoms with Crippen molar-refractivity contribution in [2.75, 3.05) is 0 Å². The molecule has 16 heavy (non-hydrogen) atoms. The van der Waals surface area contributed by atoms with Crippen LogP contribution >= 0.6 is 0 Å². The third kappa shape index (κ3) is 1.62. The lowest BCUT2D eigenvalue weighted by Gasteiger charge is -2.57. The molecule has 2 unspecified atom stereocenters. The Bertz CT molecular complexity index is 310. The zero-order valence-corrected chi connectivity index (χ0v) is 10.7. The van der Waals surface area contributed by atoms with Crippen molar-refractivity contribution in [3.63, 3.8) is 0 Å². The van der Waals surface area contributed by atoms with Crippen LogP contribution in [0.3, 0.4) is 0 Å². The van der Waals surface area contributed by atoms with Crippen LogP contribution in [0.5, 0.6) is 0 Å². The summed E-state index contributed by atoms with van der Waals surface area (Å²) in [5.41, 5.74) is 0.470. The summed E-state index contributed by atoms with van der Waals surface area (Å²) < 4.78 is 0. The van der Waals surface area contributed by atoms with Crippen molar-refractivity contribution in [1.82, 2.24) is 5.32 Å². The molecule has 4 aliphatic carbocycles. The van der Waals surface area contributed by atoms with Crippen LogP contribution in [0.1, 0.15) is 52.9 Å². The minimum absolute atomic E-state index is 0.175. The Morgan fingerprint density at radius 1 is 1.12 bits per heavy atom. The molecule has 0 aromatic rings. The van der Waals surface area contributed by atoms with E-state index in [4.69, 9.17) is 0 Å². The van der Waals surface area contributed by atoms with Gasteiger partial charge in [0, 0.05) is 22.9 Å². The van der Waals surface area contributed by atoms with Crippen LogP contribution in [0.4, 0.5) is 0 Å². The highest BCUT2D eigenvalue weighted by atomic mass is 16.1. The molecule has 0 radical (unpaired) electrons. The van der Waals surface area contributed by atoms with Crippen molar-refractivity contribution in [3.05, 3.63) is 0 Å². The fourth-order valence-electron chi connectivity index (χ4n) is 4.70. The second kappa shape index (κ2) is 3.10. The molecule has 0 spiro atoms. The molecule has 1 N–H and O–H groups in total. The van der Waals surface area contributed by atoms with Crippen LogP contribution in [-0.2, 0) is 4.79 Å². The molecule has 2 nitrogen and oxygen atoms in total. The second-order valence-electron chi connectivity index (χ2n) is 7.40. The average Bonchev–Trinajstić information content (AvgIpc) is 2.08. The van der Waals surface area contributed by atoms with Gasteiger partial charge in [0.1, 0.15) is 5.78 Å². The van der Waals surface area contributed by atoms with Crippen LogP contribution in [-0.4, -0.2) is 16.9 Å². The number of carbonyl (C=O) groups is 1. The van der Waals surface area contributed by atoms with Gasteiger partial charge in [0.05, 0.1) is 0 Å². The summed E-state index contributed by atoms with van der Waals surface area (Å²) in [6.07, 6.45) is 5.89. The van der Waals surface area contributed by atoms with Gasteiger partial charge in [-0.1, -0.05) is 0 Å². The van der Waals surface area contributed by atoms with Gasteiger partial charge < -0.3 is 5.32 Å². The highest BCUT2D eigenvalue weighted by Crippen LogP contribution is 2.54. The molecule has 0 saturated heterocycles. The third-order valence-corrected chi connectivity index (χ3v) is 4.63. The lowest BCUT2D eigenvalue weighted by Crippen LogP contribution is -2.65. The third-order valence-electron chi connectivity index (χ3n) is 4.63. The van der Waals surface area contributed by atoms with Gasteiger partial charge in [-0.2, -0.15) is 0 Å². The number of nitrogens with one attached hydrogen (secondary N) is 1. The molecule has 90 valence electrons. The molecule has 0 aliphatic heterocycles. The Hall–Kier alpha value is -0.370. The van der Waals surface area contributed by atoms with E-state index in [2.05, 4.69) is 26.1 Å². The quantitative estimate of drug-likeness (QED) is 0.737. The van der Waals surface area contributed by atoms with Gasteiger partial charge >= 0.3 is 0 Å². The van der Waals surface area contributed by atoms with Crippen LogP contribution < -0.4 is 5.32 Å². The lowest BCUT2D eigenvalue weighted by atomic mass is 9.52. The second-order valence-corrected chi connectivity index (χ2v) is 7.40. The summed E-state index contributed by atoms with van der Waals surface area (Å²) in [7, 11) is 0. The molecule has 0 aromatic heterocycles. The fraction of sp³-hybridized carbons (Fsp3) is 0.929. The molecule has 0 heterocycles. The first kappa shape index (κ1) is 10.8. The van der Waals surface area contributed by atoms with Crippen LogP contribution in [0.2, 0.25) is 0 Å². The number of Topliss-reactive ketones (excluding diaryl/α,β-unsaturated/α-hetero) is 1. The van der Waals surface area contributed by atoms with Crippen LogP contribution in [0.15, 0.2) is 0 Å². The van der Waals surface area contributed by atoms with Gasteiger partial charge in [-0.05, 0) is 58.8 Å². The highest BCUT2D eigenvalue weighted by Gasteiger charge is 2.55. The maximum absolute atomic E-state index is 12.1. The van der Waals surface area contributed by atoms with Gasteiger partial charge in [0.2, 0.25) is 0 Å². The topological polar surface area (TPSA) is 29.1 Å². The van der Waals surface area contributed by atoms with E-state index in [1.54, 1.807) is 0 Å². The molecule has 4 aliphatic rings. The van der Waals surface area contributed by atoms with E-state index >= 15 is 0 Å². The van der Waals surface area contributed by atoms with Crippen LogP contribution in [0, 0.1) is 17.8 Å². The first-order chi connectivity index (χ1) is 7.37. The number of ketones is 1. The maximum Gasteiger partial charge on any atom is 0.139 e.